The molecule has 10 heteroatoms. The molecule has 1 N–H and O–H groups in total. The maximum atomic E-state index is 12.6. The SMILES string of the molecule is Cc1cc2nc(-c3ccnc(N4CCN(C(C)(C)C)CC4)n3)sc2c(-c2ccc(Cl)cc2)c1[C@H](OC(C)(C)C)C(=O)O. The molecule has 1 aliphatic heterocycles. The highest BCUT2D eigenvalue weighted by molar-refractivity contribution is 7.22. The Bertz CT molecular complexity index is 1600. The van der Waals surface area contributed by atoms with Crippen molar-refractivity contribution in [3.05, 3.63) is 58.7 Å². The lowest BCUT2D eigenvalue weighted by molar-refractivity contribution is -0.160. The maximum absolute atomic E-state index is 12.6. The second-order valence-corrected chi connectivity index (χ2v) is 14.1. The van der Waals surface area contributed by atoms with Gasteiger partial charge in [0.05, 0.1) is 15.8 Å². The third-order valence-electron chi connectivity index (χ3n) is 7.39. The zero-order valence-corrected chi connectivity index (χ0v) is 26.8. The Morgan fingerprint density at radius 3 is 2.29 bits per heavy atom. The summed E-state index contributed by atoms with van der Waals surface area (Å²) in [6.45, 7) is 17.8. The van der Waals surface area contributed by atoms with Gasteiger partial charge in [-0.3, -0.25) is 4.90 Å². The van der Waals surface area contributed by atoms with Gasteiger partial charge in [0, 0.05) is 54.1 Å². The number of carboxylic acid groups (broad SMARTS) is 1. The van der Waals surface area contributed by atoms with Gasteiger partial charge >= 0.3 is 5.97 Å². The lowest BCUT2D eigenvalue weighted by Crippen LogP contribution is -2.53. The first-order valence-electron chi connectivity index (χ1n) is 14.2. The normalized spacial score (nSPS) is 15.8. The molecule has 8 nitrogen and oxygen atoms in total. The van der Waals surface area contributed by atoms with Gasteiger partial charge in [-0.2, -0.15) is 0 Å². The molecule has 1 atom stereocenters. The number of nitrogens with zero attached hydrogens (tertiary/aromatic N) is 5. The monoisotopic (exact) mass is 607 g/mol. The summed E-state index contributed by atoms with van der Waals surface area (Å²) < 4.78 is 7.00. The number of carboxylic acids is 1. The van der Waals surface area contributed by atoms with E-state index in [9.17, 15) is 9.90 Å². The summed E-state index contributed by atoms with van der Waals surface area (Å²) in [6, 6.07) is 11.3. The van der Waals surface area contributed by atoms with Crippen LogP contribution in [-0.2, 0) is 9.53 Å². The Morgan fingerprint density at radius 1 is 1.02 bits per heavy atom. The van der Waals surface area contributed by atoms with E-state index >= 15 is 0 Å². The van der Waals surface area contributed by atoms with Gasteiger partial charge in [-0.1, -0.05) is 23.7 Å². The number of thiazole rings is 1. The molecule has 222 valence electrons. The summed E-state index contributed by atoms with van der Waals surface area (Å²) >= 11 is 7.73. The summed E-state index contributed by atoms with van der Waals surface area (Å²) in [5.41, 5.74) is 4.02. The number of anilines is 1. The fourth-order valence-corrected chi connectivity index (χ4v) is 6.57. The smallest absolute Gasteiger partial charge is 0.337 e. The number of carbonyl (C=O) groups is 1. The molecule has 2 aromatic carbocycles. The first-order chi connectivity index (χ1) is 19.7. The van der Waals surface area contributed by atoms with Crippen LogP contribution >= 0.6 is 22.9 Å². The zero-order valence-electron chi connectivity index (χ0n) is 25.2. The first-order valence-corrected chi connectivity index (χ1v) is 15.3. The number of aromatic nitrogens is 3. The van der Waals surface area contributed by atoms with E-state index in [1.54, 1.807) is 6.20 Å². The Kier molecular flexibility index (Phi) is 8.33. The molecule has 1 saturated heterocycles. The summed E-state index contributed by atoms with van der Waals surface area (Å²) in [5.74, 6) is -0.348. The standard InChI is InChI=1S/C32H38ClN5O3S/c1-19-18-23-27(25(20-8-10-21(33)11-9-20)24(19)26(29(39)40)41-32(5,6)7)42-28(35-23)22-12-13-34-30(36-22)37-14-16-38(17-15-37)31(2,3)4/h8-13,18,26H,14-17H2,1-7H3,(H,39,40)/t26-/m0/s1. The molecule has 0 bridgehead atoms. The largest absolute Gasteiger partial charge is 0.479 e. The number of fused-ring (bicyclic) bond motifs is 1. The summed E-state index contributed by atoms with van der Waals surface area (Å²) in [7, 11) is 0. The number of halogens is 1. The quantitative estimate of drug-likeness (QED) is 0.245. The number of rotatable bonds is 6. The van der Waals surface area contributed by atoms with Gasteiger partial charge in [-0.25, -0.2) is 19.7 Å². The van der Waals surface area contributed by atoms with Crippen LogP contribution < -0.4 is 4.90 Å². The molecule has 5 rings (SSSR count). The molecule has 1 fully saturated rings. The van der Waals surface area contributed by atoms with Crippen LogP contribution in [0.5, 0.6) is 0 Å². The second-order valence-electron chi connectivity index (χ2n) is 12.7. The van der Waals surface area contributed by atoms with Crippen LogP contribution in [0.1, 0.15) is 58.8 Å². The van der Waals surface area contributed by atoms with E-state index in [0.29, 0.717) is 16.5 Å². The molecule has 0 amide bonds. The van der Waals surface area contributed by atoms with E-state index in [1.807, 2.05) is 64.1 Å². The molecule has 0 unspecified atom stereocenters. The van der Waals surface area contributed by atoms with E-state index in [4.69, 9.17) is 26.3 Å². The van der Waals surface area contributed by atoms with E-state index in [-0.39, 0.29) is 5.54 Å². The molecule has 0 spiro atoms. The average molecular weight is 608 g/mol. The van der Waals surface area contributed by atoms with Gasteiger partial charge in [0.25, 0.3) is 0 Å². The van der Waals surface area contributed by atoms with E-state index in [0.717, 1.165) is 63.8 Å². The fraction of sp³-hybridized carbons (Fsp3) is 0.438. The van der Waals surface area contributed by atoms with Crippen molar-refractivity contribution < 1.29 is 14.6 Å². The predicted molar refractivity (Wildman–Crippen MR) is 171 cm³/mol. The highest BCUT2D eigenvalue weighted by Crippen LogP contribution is 2.44. The highest BCUT2D eigenvalue weighted by Gasteiger charge is 2.33. The Morgan fingerprint density at radius 2 is 1.69 bits per heavy atom. The molecule has 0 radical (unpaired) electrons. The van der Waals surface area contributed by atoms with Crippen LogP contribution in [0, 0.1) is 6.92 Å². The predicted octanol–water partition coefficient (Wildman–Crippen LogP) is 7.24. The second kappa shape index (κ2) is 11.5. The maximum Gasteiger partial charge on any atom is 0.337 e. The van der Waals surface area contributed by atoms with Crippen LogP contribution in [0.4, 0.5) is 5.95 Å². The van der Waals surface area contributed by atoms with Gasteiger partial charge < -0.3 is 14.7 Å². The van der Waals surface area contributed by atoms with Crippen molar-refractivity contribution in [2.45, 2.75) is 65.7 Å². The number of ether oxygens (including phenoxy) is 1. The van der Waals surface area contributed by atoms with Crippen molar-refractivity contribution in [2.75, 3.05) is 31.1 Å². The molecule has 0 saturated carbocycles. The van der Waals surface area contributed by atoms with Crippen LogP contribution in [0.15, 0.2) is 42.6 Å². The van der Waals surface area contributed by atoms with Crippen molar-refractivity contribution in [2.24, 2.45) is 0 Å². The Labute approximate surface area is 256 Å². The van der Waals surface area contributed by atoms with E-state index in [2.05, 4.69) is 35.6 Å². The minimum atomic E-state index is -1.16. The number of aliphatic carboxylic acids is 1. The lowest BCUT2D eigenvalue weighted by atomic mass is 9.91. The number of piperazine rings is 1. The first kappa shape index (κ1) is 30.4. The average Bonchev–Trinajstić information content (AvgIpc) is 3.34. The minimum absolute atomic E-state index is 0.131. The molecule has 42 heavy (non-hydrogen) atoms. The fourth-order valence-electron chi connectivity index (χ4n) is 5.35. The Hall–Kier alpha value is -3.11. The van der Waals surface area contributed by atoms with Gasteiger partial charge in [0.2, 0.25) is 5.95 Å². The van der Waals surface area contributed by atoms with Gasteiger partial charge in [-0.05, 0) is 83.9 Å². The number of benzene rings is 2. The van der Waals surface area contributed by atoms with Gasteiger partial charge in [0.15, 0.2) is 6.10 Å². The highest BCUT2D eigenvalue weighted by atomic mass is 35.5. The van der Waals surface area contributed by atoms with Crippen LogP contribution in [0.25, 0.3) is 32.0 Å². The third kappa shape index (κ3) is 6.44. The van der Waals surface area contributed by atoms with Crippen molar-refractivity contribution in [3.8, 4) is 21.8 Å². The summed E-state index contributed by atoms with van der Waals surface area (Å²) in [5, 5.41) is 11.7. The number of hydrogen-bond acceptors (Lipinski definition) is 8. The molecular formula is C32H38ClN5O3S. The van der Waals surface area contributed by atoms with Crippen molar-refractivity contribution in [1.82, 2.24) is 19.9 Å². The third-order valence-corrected chi connectivity index (χ3v) is 8.75. The van der Waals surface area contributed by atoms with E-state index < -0.39 is 17.7 Å². The van der Waals surface area contributed by atoms with Crippen LogP contribution in [0.3, 0.4) is 0 Å². The molecule has 4 aromatic rings. The summed E-state index contributed by atoms with van der Waals surface area (Å²) in [6.07, 6.45) is 0.622. The van der Waals surface area contributed by atoms with Crippen LogP contribution in [0.2, 0.25) is 5.02 Å². The number of hydrogen-bond donors (Lipinski definition) is 1. The lowest BCUT2D eigenvalue weighted by Gasteiger charge is -2.42. The topological polar surface area (TPSA) is 91.7 Å². The van der Waals surface area contributed by atoms with Crippen molar-refractivity contribution >= 4 is 45.1 Å². The molecular weight excluding hydrogens is 570 g/mol. The van der Waals surface area contributed by atoms with Gasteiger partial charge in [-0.15, -0.1) is 11.3 Å². The minimum Gasteiger partial charge on any atom is -0.479 e. The Balaban J connectivity index is 1.60. The van der Waals surface area contributed by atoms with Gasteiger partial charge in [0.1, 0.15) is 10.7 Å². The number of aryl methyl sites for hydroxylation is 1. The molecule has 2 aromatic heterocycles. The molecule has 3 heterocycles. The summed E-state index contributed by atoms with van der Waals surface area (Å²) in [4.78, 5) is 31.8. The molecule has 1 aliphatic rings. The van der Waals surface area contributed by atoms with Crippen LogP contribution in [-0.4, -0.2) is 68.2 Å². The van der Waals surface area contributed by atoms with Crippen molar-refractivity contribution in [1.29, 1.82) is 0 Å². The molecule has 0 aliphatic carbocycles. The van der Waals surface area contributed by atoms with E-state index in [1.165, 1.54) is 11.3 Å². The van der Waals surface area contributed by atoms with Crippen molar-refractivity contribution in [3.63, 3.8) is 0 Å². The zero-order chi connectivity index (χ0) is 30.4.